The van der Waals surface area contributed by atoms with Crippen LogP contribution >= 0.6 is 0 Å². The fourth-order valence-corrected chi connectivity index (χ4v) is 1.61. The van der Waals surface area contributed by atoms with Gasteiger partial charge in [-0.15, -0.1) is 0 Å². The van der Waals surface area contributed by atoms with E-state index in [0.717, 1.165) is 11.1 Å². The first-order chi connectivity index (χ1) is 9.56. The van der Waals surface area contributed by atoms with E-state index in [4.69, 9.17) is 5.11 Å². The highest BCUT2D eigenvalue weighted by Gasteiger charge is 2.09. The fraction of sp³-hybridized carbons (Fsp3) is 0.154. The Bertz CT molecular complexity index is 623. The highest BCUT2D eigenvalue weighted by atomic mass is 16.4. The van der Waals surface area contributed by atoms with Crippen LogP contribution in [0.4, 0.5) is 10.5 Å². The van der Waals surface area contributed by atoms with Crippen molar-refractivity contribution in [1.29, 1.82) is 0 Å². The van der Waals surface area contributed by atoms with E-state index >= 15 is 0 Å². The highest BCUT2D eigenvalue weighted by Crippen LogP contribution is 2.16. The van der Waals surface area contributed by atoms with E-state index in [2.05, 4.69) is 20.8 Å². The Hall–Kier alpha value is -2.83. The summed E-state index contributed by atoms with van der Waals surface area (Å²) in [6.45, 7) is 2.12. The third kappa shape index (κ3) is 3.35. The number of rotatable bonds is 4. The Labute approximate surface area is 115 Å². The van der Waals surface area contributed by atoms with E-state index in [-0.39, 0.29) is 5.56 Å². The van der Waals surface area contributed by atoms with Crippen molar-refractivity contribution in [2.45, 2.75) is 13.5 Å². The third-order valence-corrected chi connectivity index (χ3v) is 2.74. The molecule has 7 heteroatoms. The first-order valence-corrected chi connectivity index (χ1v) is 5.92. The number of aromatic nitrogens is 2. The van der Waals surface area contributed by atoms with Crippen molar-refractivity contribution in [2.75, 3.05) is 5.32 Å². The smallest absolute Gasteiger partial charge is 0.335 e. The minimum atomic E-state index is -1.04. The number of carbonyl (C=O) groups excluding carboxylic acids is 1. The number of aromatic amines is 1. The van der Waals surface area contributed by atoms with Gasteiger partial charge in [-0.2, -0.15) is 5.10 Å². The SMILES string of the molecule is Cc1ccc(C(=O)O)cc1NC(=O)NCc1cn[nH]c1. The molecule has 0 fully saturated rings. The third-order valence-electron chi connectivity index (χ3n) is 2.74. The zero-order chi connectivity index (χ0) is 14.5. The normalized spacial score (nSPS) is 10.1. The average Bonchev–Trinajstić information content (AvgIpc) is 2.92. The molecular weight excluding hydrogens is 260 g/mol. The molecule has 0 unspecified atom stereocenters. The molecule has 104 valence electrons. The molecular formula is C13H14N4O3. The number of amides is 2. The number of aryl methyl sites for hydroxylation is 1. The molecule has 0 spiro atoms. The van der Waals surface area contributed by atoms with Gasteiger partial charge in [0.25, 0.3) is 0 Å². The van der Waals surface area contributed by atoms with Crippen molar-refractivity contribution in [3.8, 4) is 0 Å². The molecule has 4 N–H and O–H groups in total. The fourth-order valence-electron chi connectivity index (χ4n) is 1.61. The van der Waals surface area contributed by atoms with E-state index in [1.54, 1.807) is 25.4 Å². The number of H-pyrrole nitrogens is 1. The van der Waals surface area contributed by atoms with Gasteiger partial charge in [0.2, 0.25) is 0 Å². The van der Waals surface area contributed by atoms with Gasteiger partial charge in [0.15, 0.2) is 0 Å². The summed E-state index contributed by atoms with van der Waals surface area (Å²) in [6, 6.07) is 4.16. The zero-order valence-electron chi connectivity index (χ0n) is 10.8. The quantitative estimate of drug-likeness (QED) is 0.681. The molecule has 0 atom stereocenters. The van der Waals surface area contributed by atoms with Crippen molar-refractivity contribution in [1.82, 2.24) is 15.5 Å². The second-order valence-electron chi connectivity index (χ2n) is 4.25. The molecule has 2 rings (SSSR count). The molecule has 0 aliphatic heterocycles. The molecule has 0 saturated heterocycles. The molecule has 1 aromatic heterocycles. The van der Waals surface area contributed by atoms with E-state index < -0.39 is 12.0 Å². The first kappa shape index (κ1) is 13.6. The summed E-state index contributed by atoms with van der Waals surface area (Å²) in [7, 11) is 0. The summed E-state index contributed by atoms with van der Waals surface area (Å²) in [4.78, 5) is 22.6. The van der Waals surface area contributed by atoms with Crippen LogP contribution in [-0.4, -0.2) is 27.3 Å². The van der Waals surface area contributed by atoms with Crippen LogP contribution in [0.15, 0.2) is 30.6 Å². The topological polar surface area (TPSA) is 107 Å². The summed E-state index contributed by atoms with van der Waals surface area (Å²) < 4.78 is 0. The maximum Gasteiger partial charge on any atom is 0.335 e. The van der Waals surface area contributed by atoms with Crippen LogP contribution in [-0.2, 0) is 6.54 Å². The largest absolute Gasteiger partial charge is 0.478 e. The summed E-state index contributed by atoms with van der Waals surface area (Å²) >= 11 is 0. The van der Waals surface area contributed by atoms with Crippen molar-refractivity contribution in [2.24, 2.45) is 0 Å². The lowest BCUT2D eigenvalue weighted by molar-refractivity contribution is 0.0697. The van der Waals surface area contributed by atoms with E-state index in [0.29, 0.717) is 12.2 Å². The molecule has 0 saturated carbocycles. The second-order valence-corrected chi connectivity index (χ2v) is 4.25. The molecule has 0 aliphatic carbocycles. The molecule has 0 aliphatic rings. The number of nitrogens with zero attached hydrogens (tertiary/aromatic N) is 1. The van der Waals surface area contributed by atoms with Crippen LogP contribution in [0.1, 0.15) is 21.5 Å². The maximum atomic E-state index is 11.7. The van der Waals surface area contributed by atoms with Gasteiger partial charge >= 0.3 is 12.0 Å². The average molecular weight is 274 g/mol. The van der Waals surface area contributed by atoms with E-state index in [1.165, 1.54) is 12.1 Å². The highest BCUT2D eigenvalue weighted by molar-refractivity contribution is 5.93. The van der Waals surface area contributed by atoms with Crippen LogP contribution in [0.5, 0.6) is 0 Å². The Balaban J connectivity index is 2.00. The first-order valence-electron chi connectivity index (χ1n) is 5.92. The second kappa shape index (κ2) is 5.87. The number of aromatic carboxylic acids is 1. The number of urea groups is 1. The van der Waals surface area contributed by atoms with Gasteiger partial charge < -0.3 is 15.7 Å². The minimum absolute atomic E-state index is 0.126. The van der Waals surface area contributed by atoms with Crippen LogP contribution < -0.4 is 10.6 Å². The van der Waals surface area contributed by atoms with Gasteiger partial charge in [-0.25, -0.2) is 9.59 Å². The summed E-state index contributed by atoms with van der Waals surface area (Å²) in [5.41, 5.74) is 2.22. The number of anilines is 1. The van der Waals surface area contributed by atoms with Crippen molar-refractivity contribution in [3.05, 3.63) is 47.3 Å². The lowest BCUT2D eigenvalue weighted by Crippen LogP contribution is -2.28. The van der Waals surface area contributed by atoms with E-state index in [1.807, 2.05) is 0 Å². The molecule has 0 bridgehead atoms. The lowest BCUT2D eigenvalue weighted by Gasteiger charge is -2.10. The van der Waals surface area contributed by atoms with Crippen LogP contribution in [0.25, 0.3) is 0 Å². The number of carbonyl (C=O) groups is 2. The van der Waals surface area contributed by atoms with Gasteiger partial charge in [-0.3, -0.25) is 5.10 Å². The number of carboxylic acids is 1. The number of benzene rings is 1. The van der Waals surface area contributed by atoms with Crippen molar-refractivity contribution in [3.63, 3.8) is 0 Å². The monoisotopic (exact) mass is 274 g/mol. The summed E-state index contributed by atoms with van der Waals surface area (Å²) in [5.74, 6) is -1.04. The minimum Gasteiger partial charge on any atom is -0.478 e. The standard InChI is InChI=1S/C13H14N4O3/c1-8-2-3-10(12(18)19)4-11(8)17-13(20)14-5-9-6-15-16-7-9/h2-4,6-7H,5H2,1H3,(H,15,16)(H,18,19)(H2,14,17,20). The number of hydrogen-bond acceptors (Lipinski definition) is 3. The Morgan fingerprint density at radius 3 is 2.85 bits per heavy atom. The van der Waals surface area contributed by atoms with Gasteiger partial charge in [0, 0.05) is 24.0 Å². The van der Waals surface area contributed by atoms with Gasteiger partial charge in [-0.1, -0.05) is 6.07 Å². The number of carboxylic acid groups (broad SMARTS) is 1. The predicted octanol–water partition coefficient (Wildman–Crippen LogP) is 1.74. The molecule has 7 nitrogen and oxygen atoms in total. The lowest BCUT2D eigenvalue weighted by atomic mass is 10.1. The molecule has 20 heavy (non-hydrogen) atoms. The summed E-state index contributed by atoms with van der Waals surface area (Å²) in [5, 5.41) is 20.6. The summed E-state index contributed by atoms with van der Waals surface area (Å²) in [6.07, 6.45) is 3.28. The van der Waals surface area contributed by atoms with Crippen molar-refractivity contribution >= 4 is 17.7 Å². The van der Waals surface area contributed by atoms with Gasteiger partial charge in [-0.05, 0) is 24.6 Å². The van der Waals surface area contributed by atoms with Crippen LogP contribution in [0.2, 0.25) is 0 Å². The Morgan fingerprint density at radius 1 is 1.40 bits per heavy atom. The maximum absolute atomic E-state index is 11.7. The van der Waals surface area contributed by atoms with Crippen molar-refractivity contribution < 1.29 is 14.7 Å². The Kier molecular flexibility index (Phi) is 3.99. The van der Waals surface area contributed by atoms with Gasteiger partial charge in [0.05, 0.1) is 11.8 Å². The van der Waals surface area contributed by atoms with Gasteiger partial charge in [0.1, 0.15) is 0 Å². The Morgan fingerprint density at radius 2 is 2.20 bits per heavy atom. The molecule has 2 amide bonds. The predicted molar refractivity (Wildman–Crippen MR) is 72.6 cm³/mol. The van der Waals surface area contributed by atoms with Crippen LogP contribution in [0, 0.1) is 6.92 Å². The van der Waals surface area contributed by atoms with Crippen LogP contribution in [0.3, 0.4) is 0 Å². The zero-order valence-corrected chi connectivity index (χ0v) is 10.8. The molecule has 2 aromatic rings. The molecule has 0 radical (unpaired) electrons. The molecule has 1 heterocycles. The molecule has 1 aromatic carbocycles. The number of hydrogen-bond donors (Lipinski definition) is 4. The number of nitrogens with one attached hydrogen (secondary N) is 3. The van der Waals surface area contributed by atoms with E-state index in [9.17, 15) is 9.59 Å².